The van der Waals surface area contributed by atoms with Gasteiger partial charge in [-0.2, -0.15) is 0 Å². The van der Waals surface area contributed by atoms with Gasteiger partial charge in [0.2, 0.25) is 5.91 Å². The van der Waals surface area contributed by atoms with Gasteiger partial charge in [-0.25, -0.2) is 4.79 Å². The molecule has 1 aliphatic carbocycles. The lowest BCUT2D eigenvalue weighted by atomic mass is 9.89. The van der Waals surface area contributed by atoms with Crippen molar-refractivity contribution in [1.29, 1.82) is 0 Å². The monoisotopic (exact) mass is 381 g/mol. The van der Waals surface area contributed by atoms with Gasteiger partial charge >= 0.3 is 6.03 Å². The number of likely N-dealkylation sites (tertiary alicyclic amines) is 1. The molecule has 1 saturated carbocycles. The Balaban J connectivity index is 1.40. The molecule has 27 heavy (non-hydrogen) atoms. The van der Waals surface area contributed by atoms with E-state index >= 15 is 0 Å². The summed E-state index contributed by atoms with van der Waals surface area (Å²) in [5, 5.41) is 16.4. The molecular weight excluding hydrogens is 346 g/mol. The summed E-state index contributed by atoms with van der Waals surface area (Å²) in [6.45, 7) is 2.91. The zero-order valence-electron chi connectivity index (χ0n) is 16.4. The minimum Gasteiger partial charge on any atom is -0.390 e. The average Bonchev–Trinajstić information content (AvgIpc) is 3.17. The molecule has 7 heteroatoms. The number of carbonyl (C=O) groups is 2. The van der Waals surface area contributed by atoms with Crippen LogP contribution in [-0.2, 0) is 9.53 Å². The predicted octanol–water partition coefficient (Wildman–Crippen LogP) is 1.79. The Bertz CT molecular complexity index is 501. The minimum absolute atomic E-state index is 0.0173. The number of nitrogens with zero attached hydrogens (tertiary/aromatic N) is 1. The molecule has 3 N–H and O–H groups in total. The lowest BCUT2D eigenvalue weighted by Crippen LogP contribution is -2.51. The van der Waals surface area contributed by atoms with Crippen molar-refractivity contribution in [3.05, 3.63) is 0 Å². The molecule has 3 amide bonds. The van der Waals surface area contributed by atoms with Gasteiger partial charge in [-0.1, -0.05) is 19.3 Å². The molecule has 3 aliphatic rings. The predicted molar refractivity (Wildman–Crippen MR) is 102 cm³/mol. The highest BCUT2D eigenvalue weighted by Gasteiger charge is 2.35. The SMILES string of the molecule is O=C(NCC1CCCCC1)C1CCCN1C(=O)NCCC1(O)CCOCC1. The second-order valence-corrected chi connectivity index (χ2v) is 8.42. The van der Waals surface area contributed by atoms with Crippen molar-refractivity contribution in [3.8, 4) is 0 Å². The number of ether oxygens (including phenoxy) is 1. The van der Waals surface area contributed by atoms with Gasteiger partial charge in [-0.3, -0.25) is 4.79 Å². The van der Waals surface area contributed by atoms with Gasteiger partial charge in [-0.05, 0) is 50.9 Å². The molecule has 0 spiro atoms. The Morgan fingerprint density at radius 2 is 1.78 bits per heavy atom. The number of urea groups is 1. The van der Waals surface area contributed by atoms with E-state index in [2.05, 4.69) is 10.6 Å². The summed E-state index contributed by atoms with van der Waals surface area (Å²) in [5.74, 6) is 0.572. The Kier molecular flexibility index (Phi) is 7.35. The zero-order valence-corrected chi connectivity index (χ0v) is 16.4. The van der Waals surface area contributed by atoms with E-state index in [4.69, 9.17) is 4.74 Å². The first kappa shape index (κ1) is 20.4. The quantitative estimate of drug-likeness (QED) is 0.654. The van der Waals surface area contributed by atoms with Gasteiger partial charge in [0, 0.05) is 32.8 Å². The Morgan fingerprint density at radius 3 is 2.52 bits per heavy atom. The van der Waals surface area contributed by atoms with Gasteiger partial charge in [0.15, 0.2) is 0 Å². The third-order valence-electron chi connectivity index (χ3n) is 6.40. The van der Waals surface area contributed by atoms with Crippen LogP contribution >= 0.6 is 0 Å². The highest BCUT2D eigenvalue weighted by molar-refractivity contribution is 5.87. The van der Waals surface area contributed by atoms with Crippen LogP contribution < -0.4 is 10.6 Å². The summed E-state index contributed by atoms with van der Waals surface area (Å²) in [4.78, 5) is 26.8. The first-order valence-corrected chi connectivity index (χ1v) is 10.7. The van der Waals surface area contributed by atoms with E-state index < -0.39 is 5.60 Å². The summed E-state index contributed by atoms with van der Waals surface area (Å²) in [5.41, 5.74) is -0.743. The molecule has 7 nitrogen and oxygen atoms in total. The smallest absolute Gasteiger partial charge is 0.318 e. The van der Waals surface area contributed by atoms with E-state index in [-0.39, 0.29) is 18.0 Å². The number of amides is 3. The lowest BCUT2D eigenvalue weighted by Gasteiger charge is -2.32. The molecule has 154 valence electrons. The maximum atomic E-state index is 12.6. The van der Waals surface area contributed by atoms with Crippen LogP contribution in [0.15, 0.2) is 0 Å². The molecule has 0 bridgehead atoms. The summed E-state index contributed by atoms with van der Waals surface area (Å²) in [6, 6.07) is -0.555. The van der Waals surface area contributed by atoms with Crippen LogP contribution in [0.2, 0.25) is 0 Å². The zero-order chi connectivity index (χ0) is 19.1. The summed E-state index contributed by atoms with van der Waals surface area (Å²) < 4.78 is 5.28. The third-order valence-corrected chi connectivity index (χ3v) is 6.40. The van der Waals surface area contributed by atoms with E-state index in [1.807, 2.05) is 0 Å². The standard InChI is InChI=1S/C20H35N3O4/c24-18(22-15-16-5-2-1-3-6-16)17-7-4-12-23(17)19(25)21-11-8-20(26)9-13-27-14-10-20/h16-17,26H,1-15H2,(H,21,25)(H,22,24). The molecular formula is C20H35N3O4. The van der Waals surface area contributed by atoms with Gasteiger partial charge in [0.05, 0.1) is 5.60 Å². The van der Waals surface area contributed by atoms with Crippen molar-refractivity contribution in [1.82, 2.24) is 15.5 Å². The van der Waals surface area contributed by atoms with Crippen LogP contribution in [0.25, 0.3) is 0 Å². The fourth-order valence-electron chi connectivity index (χ4n) is 4.54. The molecule has 2 saturated heterocycles. The average molecular weight is 382 g/mol. The maximum absolute atomic E-state index is 12.6. The van der Waals surface area contributed by atoms with E-state index in [9.17, 15) is 14.7 Å². The van der Waals surface area contributed by atoms with Gasteiger partial charge in [0.1, 0.15) is 6.04 Å². The number of rotatable bonds is 6. The molecule has 2 heterocycles. The molecule has 3 fully saturated rings. The highest BCUT2D eigenvalue weighted by atomic mass is 16.5. The molecule has 0 radical (unpaired) electrons. The van der Waals surface area contributed by atoms with Crippen molar-refractivity contribution < 1.29 is 19.4 Å². The number of hydrogen-bond acceptors (Lipinski definition) is 4. The van der Waals surface area contributed by atoms with Crippen LogP contribution in [0, 0.1) is 5.92 Å². The molecule has 3 rings (SSSR count). The third kappa shape index (κ3) is 5.82. The number of hydrogen-bond donors (Lipinski definition) is 3. The van der Waals surface area contributed by atoms with Gasteiger partial charge in [0.25, 0.3) is 0 Å². The topological polar surface area (TPSA) is 90.9 Å². The molecule has 1 atom stereocenters. The Hall–Kier alpha value is -1.34. The van der Waals surface area contributed by atoms with Crippen molar-refractivity contribution in [2.75, 3.05) is 32.8 Å². The van der Waals surface area contributed by atoms with Crippen molar-refractivity contribution >= 4 is 11.9 Å². The van der Waals surface area contributed by atoms with Gasteiger partial charge in [-0.15, -0.1) is 0 Å². The Morgan fingerprint density at radius 1 is 1.04 bits per heavy atom. The van der Waals surface area contributed by atoms with Crippen LogP contribution in [0.3, 0.4) is 0 Å². The van der Waals surface area contributed by atoms with Crippen LogP contribution in [0.4, 0.5) is 4.79 Å². The van der Waals surface area contributed by atoms with E-state index in [0.29, 0.717) is 51.5 Å². The summed E-state index contributed by atoms with van der Waals surface area (Å²) >= 11 is 0. The minimum atomic E-state index is -0.743. The first-order chi connectivity index (χ1) is 13.1. The second-order valence-electron chi connectivity index (χ2n) is 8.42. The van der Waals surface area contributed by atoms with Crippen molar-refractivity contribution in [2.24, 2.45) is 5.92 Å². The fourth-order valence-corrected chi connectivity index (χ4v) is 4.54. The number of aliphatic hydroxyl groups is 1. The first-order valence-electron chi connectivity index (χ1n) is 10.7. The summed E-state index contributed by atoms with van der Waals surface area (Å²) in [6.07, 6.45) is 9.55. The van der Waals surface area contributed by atoms with Crippen LogP contribution in [-0.4, -0.2) is 66.4 Å². The number of carbonyl (C=O) groups excluding carboxylic acids is 2. The maximum Gasteiger partial charge on any atom is 0.318 e. The highest BCUT2D eigenvalue weighted by Crippen LogP contribution is 2.25. The van der Waals surface area contributed by atoms with E-state index in [1.165, 1.54) is 32.1 Å². The van der Waals surface area contributed by atoms with Crippen molar-refractivity contribution in [2.45, 2.75) is 75.9 Å². The largest absolute Gasteiger partial charge is 0.390 e. The fraction of sp³-hybridized carbons (Fsp3) is 0.900. The molecule has 0 aromatic heterocycles. The molecule has 1 unspecified atom stereocenters. The molecule has 0 aromatic rings. The summed E-state index contributed by atoms with van der Waals surface area (Å²) in [7, 11) is 0. The molecule has 0 aromatic carbocycles. The normalized spacial score (nSPS) is 26.0. The van der Waals surface area contributed by atoms with Crippen LogP contribution in [0.5, 0.6) is 0 Å². The lowest BCUT2D eigenvalue weighted by molar-refractivity contribution is -0.125. The number of nitrogens with one attached hydrogen (secondary N) is 2. The van der Waals surface area contributed by atoms with E-state index in [0.717, 1.165) is 19.4 Å². The second kappa shape index (κ2) is 9.73. The van der Waals surface area contributed by atoms with Gasteiger partial charge < -0.3 is 25.4 Å². The van der Waals surface area contributed by atoms with Crippen LogP contribution in [0.1, 0.15) is 64.2 Å². The molecule has 2 aliphatic heterocycles. The Labute approximate surface area is 162 Å². The van der Waals surface area contributed by atoms with E-state index in [1.54, 1.807) is 4.90 Å². The van der Waals surface area contributed by atoms with Crippen molar-refractivity contribution in [3.63, 3.8) is 0 Å².